The molecule has 7 heteroatoms. The summed E-state index contributed by atoms with van der Waals surface area (Å²) in [5.41, 5.74) is 2.33. The highest BCUT2D eigenvalue weighted by atomic mass is 19.1. The van der Waals surface area contributed by atoms with Gasteiger partial charge in [-0.05, 0) is 41.8 Å². The molecule has 2 atom stereocenters. The Morgan fingerprint density at radius 2 is 1.90 bits per heavy atom. The van der Waals surface area contributed by atoms with Crippen LogP contribution in [0.1, 0.15) is 40.1 Å². The van der Waals surface area contributed by atoms with Crippen molar-refractivity contribution < 1.29 is 13.9 Å². The van der Waals surface area contributed by atoms with E-state index < -0.39 is 24.2 Å². The number of ether oxygens (including phenoxy) is 1. The summed E-state index contributed by atoms with van der Waals surface area (Å²) >= 11 is 0. The number of nitriles is 1. The van der Waals surface area contributed by atoms with Gasteiger partial charge in [-0.3, -0.25) is 0 Å². The largest absolute Gasteiger partial charge is 0.439 e. The van der Waals surface area contributed by atoms with Crippen LogP contribution in [0.2, 0.25) is 0 Å². The van der Waals surface area contributed by atoms with E-state index in [0.29, 0.717) is 22.4 Å². The number of alkyl carbamates (subject to hydrolysis) is 1. The van der Waals surface area contributed by atoms with E-state index in [4.69, 9.17) is 10.00 Å². The van der Waals surface area contributed by atoms with Gasteiger partial charge in [0.15, 0.2) is 6.10 Å². The van der Waals surface area contributed by atoms with Gasteiger partial charge in [-0.25, -0.2) is 14.8 Å². The molecule has 0 aliphatic carbocycles. The zero-order chi connectivity index (χ0) is 20.2. The Balaban J connectivity index is 1.67. The zero-order valence-corrected chi connectivity index (χ0v) is 15.0. The number of pyridine rings is 2. The number of nitrogens with one attached hydrogen (secondary N) is 1. The number of aromatic nitrogens is 2. The van der Waals surface area contributed by atoms with Gasteiger partial charge >= 0.3 is 6.09 Å². The van der Waals surface area contributed by atoms with Crippen LogP contribution >= 0.6 is 0 Å². The fourth-order valence-corrected chi connectivity index (χ4v) is 2.99. The second-order valence-corrected chi connectivity index (χ2v) is 6.25. The van der Waals surface area contributed by atoms with Crippen LogP contribution in [0.5, 0.6) is 0 Å². The van der Waals surface area contributed by atoms with Crippen LogP contribution in [0.25, 0.3) is 0 Å². The van der Waals surface area contributed by atoms with Crippen molar-refractivity contribution in [3.8, 4) is 17.9 Å². The predicted octanol–water partition coefficient (Wildman–Crippen LogP) is 3.41. The molecule has 1 N–H and O–H groups in total. The van der Waals surface area contributed by atoms with Gasteiger partial charge in [0.05, 0.1) is 11.6 Å². The number of rotatable bonds is 2. The Morgan fingerprint density at radius 1 is 1.07 bits per heavy atom. The van der Waals surface area contributed by atoms with Gasteiger partial charge in [-0.2, -0.15) is 9.65 Å². The van der Waals surface area contributed by atoms with Gasteiger partial charge in [0.2, 0.25) is 5.95 Å². The maximum Gasteiger partial charge on any atom is 0.408 e. The van der Waals surface area contributed by atoms with Crippen LogP contribution in [-0.2, 0) is 4.74 Å². The highest BCUT2D eigenvalue weighted by molar-refractivity contribution is 5.71. The van der Waals surface area contributed by atoms with E-state index in [1.54, 1.807) is 42.6 Å². The number of hydrogen-bond acceptors (Lipinski definition) is 5. The SMILES string of the molecule is N#Cc1ccc([C@H]2OC(=O)N[C@@H]2c2cc(C#Cc3ccccn3)cnc2F)cc1. The normalized spacial score (nSPS) is 17.4. The average Bonchev–Trinajstić information content (AvgIpc) is 3.15. The van der Waals surface area contributed by atoms with Crippen molar-refractivity contribution in [2.45, 2.75) is 12.1 Å². The van der Waals surface area contributed by atoms with Crippen molar-refractivity contribution >= 4 is 6.09 Å². The fraction of sp³-hybridized carbons (Fsp3) is 0.0909. The van der Waals surface area contributed by atoms with Crippen molar-refractivity contribution in [1.82, 2.24) is 15.3 Å². The molecule has 1 fully saturated rings. The Kier molecular flexibility index (Phi) is 4.88. The minimum Gasteiger partial charge on any atom is -0.439 e. The van der Waals surface area contributed by atoms with Crippen molar-refractivity contribution in [3.63, 3.8) is 0 Å². The third-order valence-electron chi connectivity index (χ3n) is 4.38. The molecular weight excluding hydrogens is 371 g/mol. The molecule has 1 saturated heterocycles. The molecule has 140 valence electrons. The summed E-state index contributed by atoms with van der Waals surface area (Å²) in [5.74, 6) is 5.07. The summed E-state index contributed by atoms with van der Waals surface area (Å²) in [4.78, 5) is 19.8. The van der Waals surface area contributed by atoms with Gasteiger partial charge in [0.25, 0.3) is 0 Å². The lowest BCUT2D eigenvalue weighted by Crippen LogP contribution is -2.21. The van der Waals surface area contributed by atoms with Gasteiger partial charge < -0.3 is 10.1 Å². The Bertz CT molecular complexity index is 1160. The van der Waals surface area contributed by atoms with Gasteiger partial charge in [-0.15, -0.1) is 0 Å². The van der Waals surface area contributed by atoms with Crippen molar-refractivity contribution in [1.29, 1.82) is 5.26 Å². The Hall–Kier alpha value is -4.23. The van der Waals surface area contributed by atoms with E-state index in [1.807, 2.05) is 12.1 Å². The number of amides is 1. The molecule has 0 spiro atoms. The number of hydrogen-bond donors (Lipinski definition) is 1. The first kappa shape index (κ1) is 18.1. The van der Waals surface area contributed by atoms with Crippen LogP contribution < -0.4 is 5.32 Å². The summed E-state index contributed by atoms with van der Waals surface area (Å²) in [6.45, 7) is 0. The highest BCUT2D eigenvalue weighted by Crippen LogP contribution is 2.37. The molecule has 1 aliphatic rings. The first-order valence-corrected chi connectivity index (χ1v) is 8.70. The number of carbonyl (C=O) groups excluding carboxylic acids is 1. The van der Waals surface area contributed by atoms with Gasteiger partial charge in [0.1, 0.15) is 11.7 Å². The maximum absolute atomic E-state index is 14.5. The number of carbonyl (C=O) groups is 1. The minimum atomic E-state index is -0.778. The second-order valence-electron chi connectivity index (χ2n) is 6.25. The van der Waals surface area contributed by atoms with Crippen LogP contribution in [0.3, 0.4) is 0 Å². The molecule has 3 heterocycles. The minimum absolute atomic E-state index is 0.165. The molecule has 0 radical (unpaired) electrons. The van der Waals surface area contributed by atoms with Gasteiger partial charge in [-0.1, -0.05) is 24.1 Å². The standard InChI is InChI=1S/C22H13FN4O2/c23-21-18(11-15(13-26-21)6-9-17-3-1-2-10-25-17)19-20(29-22(28)27-19)16-7-4-14(12-24)5-8-16/h1-5,7-8,10-11,13,19-20H,(H,27,28)/t19-,20-/m1/s1. The summed E-state index contributed by atoms with van der Waals surface area (Å²) in [7, 11) is 0. The number of cyclic esters (lactones) is 1. The predicted molar refractivity (Wildman–Crippen MR) is 101 cm³/mol. The van der Waals surface area contributed by atoms with Crippen molar-refractivity contribution in [2.75, 3.05) is 0 Å². The second kappa shape index (κ2) is 7.79. The first-order chi connectivity index (χ1) is 14.1. The average molecular weight is 384 g/mol. The van der Waals surface area contributed by atoms with E-state index in [9.17, 15) is 9.18 Å². The van der Waals surface area contributed by atoms with E-state index in [0.717, 1.165) is 0 Å². The molecular formula is C22H13FN4O2. The quantitative estimate of drug-likeness (QED) is 0.540. The molecule has 0 saturated carbocycles. The van der Waals surface area contributed by atoms with Crippen LogP contribution in [0.4, 0.5) is 9.18 Å². The third kappa shape index (κ3) is 3.90. The molecule has 3 aromatic rings. The zero-order valence-electron chi connectivity index (χ0n) is 15.0. The maximum atomic E-state index is 14.5. The molecule has 29 heavy (non-hydrogen) atoms. The van der Waals surface area contributed by atoms with Crippen molar-refractivity contribution in [3.05, 3.63) is 94.8 Å². The van der Waals surface area contributed by atoms with Crippen molar-refractivity contribution in [2.24, 2.45) is 0 Å². The lowest BCUT2D eigenvalue weighted by molar-refractivity contribution is 0.131. The molecule has 6 nitrogen and oxygen atoms in total. The lowest BCUT2D eigenvalue weighted by Gasteiger charge is -2.18. The lowest BCUT2D eigenvalue weighted by atomic mass is 9.96. The summed E-state index contributed by atoms with van der Waals surface area (Å²) in [5, 5.41) is 11.6. The Morgan fingerprint density at radius 3 is 2.62 bits per heavy atom. The number of halogens is 1. The molecule has 4 rings (SSSR count). The number of nitrogens with zero attached hydrogens (tertiary/aromatic N) is 3. The van der Waals surface area contributed by atoms with Crippen LogP contribution in [-0.4, -0.2) is 16.1 Å². The van der Waals surface area contributed by atoms with E-state index in [-0.39, 0.29) is 5.56 Å². The van der Waals surface area contributed by atoms with E-state index >= 15 is 0 Å². The van der Waals surface area contributed by atoms with E-state index in [1.165, 1.54) is 12.3 Å². The topological polar surface area (TPSA) is 87.9 Å². The Labute approximate surface area is 166 Å². The monoisotopic (exact) mass is 384 g/mol. The van der Waals surface area contributed by atoms with Crippen LogP contribution in [0.15, 0.2) is 60.9 Å². The molecule has 0 bridgehead atoms. The van der Waals surface area contributed by atoms with E-state index in [2.05, 4.69) is 27.1 Å². The molecule has 1 amide bonds. The third-order valence-corrected chi connectivity index (χ3v) is 4.38. The molecule has 1 aromatic carbocycles. The molecule has 1 aliphatic heterocycles. The highest BCUT2D eigenvalue weighted by Gasteiger charge is 2.38. The first-order valence-electron chi connectivity index (χ1n) is 8.70. The fourth-order valence-electron chi connectivity index (χ4n) is 2.99. The molecule has 2 aromatic heterocycles. The summed E-state index contributed by atoms with van der Waals surface area (Å²) in [6, 6.07) is 14.7. The van der Waals surface area contributed by atoms with Gasteiger partial charge in [0, 0.05) is 23.5 Å². The smallest absolute Gasteiger partial charge is 0.408 e. The van der Waals surface area contributed by atoms with Crippen LogP contribution in [0, 0.1) is 29.1 Å². The summed E-state index contributed by atoms with van der Waals surface area (Å²) < 4.78 is 19.8. The summed E-state index contributed by atoms with van der Waals surface area (Å²) in [6.07, 6.45) is 1.54. The molecule has 0 unspecified atom stereocenters. The number of benzene rings is 1.